The molecule has 0 unspecified atom stereocenters. The molecule has 0 aromatic rings. The van der Waals surface area contributed by atoms with Gasteiger partial charge < -0.3 is 14.9 Å². The van der Waals surface area contributed by atoms with E-state index in [0.29, 0.717) is 25.7 Å². The highest BCUT2D eigenvalue weighted by atomic mass is 16.5. The average molecular weight is 599 g/mol. The normalized spacial score (nSPS) is 34.7. The second kappa shape index (κ2) is 15.0. The van der Waals surface area contributed by atoms with Crippen LogP contribution in [0.3, 0.4) is 0 Å². The van der Waals surface area contributed by atoms with Crippen molar-refractivity contribution < 1.29 is 29.3 Å². The lowest BCUT2D eigenvalue weighted by atomic mass is 9.46. The van der Waals surface area contributed by atoms with E-state index in [4.69, 9.17) is 4.74 Å². The Hall–Kier alpha value is -1.79. The maximum Gasteiger partial charge on any atom is 0.306 e. The minimum Gasteiger partial charge on any atom is -0.458 e. The lowest BCUT2D eigenvalue weighted by Gasteiger charge is -2.59. The number of carbonyl (C=O) groups excluding carboxylic acids is 3. The molecule has 6 nitrogen and oxygen atoms in total. The summed E-state index contributed by atoms with van der Waals surface area (Å²) in [7, 11) is 0. The minimum absolute atomic E-state index is 0.00512. The van der Waals surface area contributed by atoms with Crippen molar-refractivity contribution in [1.29, 1.82) is 0 Å². The molecule has 0 aliphatic heterocycles. The number of hydrogen-bond acceptors (Lipinski definition) is 6. The zero-order valence-corrected chi connectivity index (χ0v) is 27.2. The summed E-state index contributed by atoms with van der Waals surface area (Å²) in [5, 5.41) is 23.4. The Balaban J connectivity index is 1.18. The second-order valence-corrected chi connectivity index (χ2v) is 14.7. The largest absolute Gasteiger partial charge is 0.458 e. The zero-order chi connectivity index (χ0) is 31.1. The molecule has 7 atom stereocenters. The first-order valence-electron chi connectivity index (χ1n) is 17.6. The van der Waals surface area contributed by atoms with Gasteiger partial charge in [0.1, 0.15) is 5.60 Å². The summed E-state index contributed by atoms with van der Waals surface area (Å²) >= 11 is 0. The molecule has 0 heterocycles. The van der Waals surface area contributed by atoms with Crippen molar-refractivity contribution in [1.82, 2.24) is 0 Å². The maximum absolute atomic E-state index is 13.4. The number of ketones is 2. The second-order valence-electron chi connectivity index (χ2n) is 14.7. The molecule has 0 spiro atoms. The molecule has 4 aliphatic rings. The molecule has 0 aromatic carbocycles. The molecule has 4 rings (SSSR count). The fraction of sp³-hybridized carbons (Fsp3) is 0.811. The van der Waals surface area contributed by atoms with Gasteiger partial charge >= 0.3 is 5.97 Å². The van der Waals surface area contributed by atoms with Crippen LogP contribution in [-0.4, -0.2) is 46.1 Å². The minimum atomic E-state index is -1.62. The van der Waals surface area contributed by atoms with Crippen molar-refractivity contribution in [3.63, 3.8) is 0 Å². The van der Waals surface area contributed by atoms with E-state index in [1.807, 2.05) is 13.0 Å². The van der Waals surface area contributed by atoms with E-state index < -0.39 is 29.5 Å². The number of rotatable bonds is 17. The van der Waals surface area contributed by atoms with Crippen LogP contribution in [0.1, 0.15) is 143 Å². The van der Waals surface area contributed by atoms with Crippen molar-refractivity contribution in [2.75, 3.05) is 6.61 Å². The van der Waals surface area contributed by atoms with Gasteiger partial charge in [-0.1, -0.05) is 109 Å². The molecule has 0 aromatic heterocycles. The number of esters is 1. The number of carbonyl (C=O) groups is 3. The molecule has 3 fully saturated rings. The van der Waals surface area contributed by atoms with Gasteiger partial charge in [0.15, 0.2) is 12.4 Å². The van der Waals surface area contributed by atoms with Crippen LogP contribution in [-0.2, 0) is 19.1 Å². The van der Waals surface area contributed by atoms with Gasteiger partial charge in [-0.2, -0.15) is 0 Å². The SMILES string of the molecule is CCCCCCCCCCCCCCCC(=O)OCC(=O)[C@@]1(O)CC[C@H]2[C@@H]3CCC4=CC(=O)C=C[C@]4(C)[C@H]3[C@@H](O)C[C@@]21C. The number of unbranched alkanes of at least 4 members (excludes halogenated alkanes) is 12. The zero-order valence-electron chi connectivity index (χ0n) is 27.2. The number of aliphatic hydroxyl groups is 2. The maximum atomic E-state index is 13.4. The van der Waals surface area contributed by atoms with E-state index in [0.717, 1.165) is 37.7 Å². The van der Waals surface area contributed by atoms with E-state index in [1.165, 1.54) is 64.2 Å². The molecular weight excluding hydrogens is 540 g/mol. The topological polar surface area (TPSA) is 101 Å². The Kier molecular flexibility index (Phi) is 11.9. The Morgan fingerprint density at radius 2 is 1.53 bits per heavy atom. The molecule has 3 saturated carbocycles. The molecule has 0 bridgehead atoms. The van der Waals surface area contributed by atoms with Crippen LogP contribution in [0.4, 0.5) is 0 Å². The van der Waals surface area contributed by atoms with Crippen molar-refractivity contribution in [2.24, 2.45) is 28.6 Å². The number of fused-ring (bicyclic) bond motifs is 5. The van der Waals surface area contributed by atoms with Crippen LogP contribution in [0, 0.1) is 28.6 Å². The van der Waals surface area contributed by atoms with Crippen molar-refractivity contribution in [3.05, 3.63) is 23.8 Å². The lowest BCUT2D eigenvalue weighted by Crippen LogP contribution is -2.61. The Bertz CT molecular complexity index is 1050. The molecule has 2 N–H and O–H groups in total. The standard InChI is InChI=1S/C37H58O6/c1-4-5-6-7-8-9-10-11-12-13-14-15-16-17-33(41)43-26-32(40)37(42)23-21-30-29-19-18-27-24-28(38)20-22-35(27,2)34(29)31(39)25-36(30,37)3/h20,22,24,29-31,34,39,42H,4-19,21,23,25-26H2,1-3H3/t29-,30-,31-,34+,35-,36-,37-/m0/s1. The molecular formula is C37H58O6. The van der Waals surface area contributed by atoms with Crippen LogP contribution < -0.4 is 0 Å². The van der Waals surface area contributed by atoms with Crippen LogP contribution in [0.5, 0.6) is 0 Å². The number of aliphatic hydroxyl groups excluding tert-OH is 1. The predicted octanol–water partition coefficient (Wildman–Crippen LogP) is 7.59. The van der Waals surface area contributed by atoms with Crippen molar-refractivity contribution in [2.45, 2.75) is 154 Å². The van der Waals surface area contributed by atoms with E-state index in [2.05, 4.69) is 13.8 Å². The summed E-state index contributed by atoms with van der Waals surface area (Å²) in [4.78, 5) is 37.9. The van der Waals surface area contributed by atoms with Gasteiger partial charge in [-0.05, 0) is 62.5 Å². The first-order chi connectivity index (χ1) is 20.6. The van der Waals surface area contributed by atoms with Crippen molar-refractivity contribution in [3.8, 4) is 0 Å². The summed E-state index contributed by atoms with van der Waals surface area (Å²) in [6.45, 7) is 5.91. The van der Waals surface area contributed by atoms with E-state index >= 15 is 0 Å². The molecule has 4 aliphatic carbocycles. The summed E-state index contributed by atoms with van der Waals surface area (Å²) in [5.74, 6) is -0.625. The van der Waals surface area contributed by atoms with Crippen LogP contribution >= 0.6 is 0 Å². The summed E-state index contributed by atoms with van der Waals surface area (Å²) in [5.41, 5.74) is -1.69. The summed E-state index contributed by atoms with van der Waals surface area (Å²) in [6.07, 6.45) is 24.0. The molecule has 0 saturated heterocycles. The third-order valence-electron chi connectivity index (χ3n) is 12.0. The first-order valence-corrected chi connectivity index (χ1v) is 17.6. The number of hydrogen-bond donors (Lipinski definition) is 2. The van der Waals surface area contributed by atoms with E-state index in [-0.39, 0.29) is 34.9 Å². The van der Waals surface area contributed by atoms with Gasteiger partial charge in [-0.3, -0.25) is 14.4 Å². The highest BCUT2D eigenvalue weighted by molar-refractivity contribution is 6.01. The Morgan fingerprint density at radius 3 is 2.16 bits per heavy atom. The van der Waals surface area contributed by atoms with Gasteiger partial charge in [-0.15, -0.1) is 0 Å². The quantitative estimate of drug-likeness (QED) is 0.132. The molecule has 43 heavy (non-hydrogen) atoms. The Morgan fingerprint density at radius 1 is 0.930 bits per heavy atom. The number of Topliss-reactive ketones (excluding diaryl/α,β-unsaturated/α-hetero) is 1. The van der Waals surface area contributed by atoms with Gasteiger partial charge in [0, 0.05) is 23.2 Å². The van der Waals surface area contributed by atoms with E-state index in [1.54, 1.807) is 12.2 Å². The van der Waals surface area contributed by atoms with Gasteiger partial charge in [0.25, 0.3) is 0 Å². The third-order valence-corrected chi connectivity index (χ3v) is 12.0. The van der Waals surface area contributed by atoms with Crippen LogP contribution in [0.2, 0.25) is 0 Å². The van der Waals surface area contributed by atoms with Gasteiger partial charge in [0.2, 0.25) is 5.78 Å². The van der Waals surface area contributed by atoms with Gasteiger partial charge in [-0.25, -0.2) is 0 Å². The summed E-state index contributed by atoms with van der Waals surface area (Å²) in [6, 6.07) is 0. The van der Waals surface area contributed by atoms with Crippen LogP contribution in [0.15, 0.2) is 23.8 Å². The monoisotopic (exact) mass is 598 g/mol. The molecule has 0 radical (unpaired) electrons. The number of ether oxygens (including phenoxy) is 1. The fourth-order valence-electron chi connectivity index (χ4n) is 9.41. The average Bonchev–Trinajstić information content (AvgIpc) is 3.25. The Labute approximate surface area is 260 Å². The highest BCUT2D eigenvalue weighted by Crippen LogP contribution is 2.67. The summed E-state index contributed by atoms with van der Waals surface area (Å²) < 4.78 is 5.38. The predicted molar refractivity (Wildman–Crippen MR) is 169 cm³/mol. The van der Waals surface area contributed by atoms with Crippen LogP contribution in [0.25, 0.3) is 0 Å². The van der Waals surface area contributed by atoms with Gasteiger partial charge in [0.05, 0.1) is 6.10 Å². The third kappa shape index (κ3) is 7.38. The van der Waals surface area contributed by atoms with Crippen molar-refractivity contribution >= 4 is 17.5 Å². The lowest BCUT2D eigenvalue weighted by molar-refractivity contribution is -0.181. The molecule has 242 valence electrons. The first kappa shape index (κ1) is 34.1. The molecule has 6 heteroatoms. The smallest absolute Gasteiger partial charge is 0.306 e. The molecule has 0 amide bonds. The fourth-order valence-corrected chi connectivity index (χ4v) is 9.41. The number of allylic oxidation sites excluding steroid dienone is 4. The highest BCUT2D eigenvalue weighted by Gasteiger charge is 2.68. The van der Waals surface area contributed by atoms with E-state index in [9.17, 15) is 24.6 Å².